The second-order valence-electron chi connectivity index (χ2n) is 5.50. The first-order valence-electron chi connectivity index (χ1n) is 7.74. The summed E-state index contributed by atoms with van der Waals surface area (Å²) in [4.78, 5) is 4.19. The lowest BCUT2D eigenvalue weighted by Crippen LogP contribution is -2.08. The van der Waals surface area contributed by atoms with E-state index < -0.39 is 5.82 Å². The highest BCUT2D eigenvalue weighted by atomic mass is 19.1. The number of anilines is 1. The van der Waals surface area contributed by atoms with Crippen LogP contribution in [0.4, 0.5) is 10.1 Å². The molecule has 0 saturated carbocycles. The Bertz CT molecular complexity index is 915. The number of rotatable bonds is 5. The Morgan fingerprint density at radius 2 is 2.04 bits per heavy atom. The molecule has 2 aromatic carbocycles. The van der Waals surface area contributed by atoms with Gasteiger partial charge in [0.25, 0.3) is 0 Å². The molecular formula is C19H17FN4. The fourth-order valence-corrected chi connectivity index (χ4v) is 2.63. The molecule has 0 unspecified atom stereocenters. The SMILES string of the molecule is N#Cc1cc(-c2cc(NCCCN)c3cnccc3c2)ccc1F. The largest absolute Gasteiger partial charge is 0.384 e. The molecule has 120 valence electrons. The lowest BCUT2D eigenvalue weighted by molar-refractivity contribution is 0.624. The van der Waals surface area contributed by atoms with Crippen LogP contribution in [-0.2, 0) is 0 Å². The van der Waals surface area contributed by atoms with Crippen LogP contribution in [0.15, 0.2) is 48.8 Å². The molecule has 3 aromatic rings. The maximum Gasteiger partial charge on any atom is 0.140 e. The van der Waals surface area contributed by atoms with Gasteiger partial charge in [0.15, 0.2) is 0 Å². The zero-order chi connectivity index (χ0) is 16.9. The molecule has 5 heteroatoms. The minimum Gasteiger partial charge on any atom is -0.384 e. The monoisotopic (exact) mass is 320 g/mol. The van der Waals surface area contributed by atoms with Crippen LogP contribution in [0.25, 0.3) is 21.9 Å². The van der Waals surface area contributed by atoms with Crippen LogP contribution in [0.3, 0.4) is 0 Å². The van der Waals surface area contributed by atoms with Gasteiger partial charge in [-0.15, -0.1) is 0 Å². The van der Waals surface area contributed by atoms with Crippen LogP contribution in [0, 0.1) is 17.1 Å². The standard InChI is InChI=1S/C19H17FN4/c20-18-3-2-13(8-16(18)11-22)15-9-14-4-7-23-12-17(14)19(10-15)24-6-1-5-21/h2-4,7-10,12,24H,1,5-6,21H2. The minimum absolute atomic E-state index is 0.0416. The Kier molecular flexibility index (Phi) is 4.69. The van der Waals surface area contributed by atoms with Gasteiger partial charge in [-0.05, 0) is 59.8 Å². The average molecular weight is 320 g/mol. The van der Waals surface area contributed by atoms with Crippen molar-refractivity contribution in [3.8, 4) is 17.2 Å². The fourth-order valence-electron chi connectivity index (χ4n) is 2.63. The number of nitrogens with zero attached hydrogens (tertiary/aromatic N) is 2. The molecule has 0 amide bonds. The molecule has 0 radical (unpaired) electrons. The van der Waals surface area contributed by atoms with Crippen LogP contribution >= 0.6 is 0 Å². The van der Waals surface area contributed by atoms with E-state index in [-0.39, 0.29) is 5.56 Å². The molecule has 24 heavy (non-hydrogen) atoms. The fraction of sp³-hybridized carbons (Fsp3) is 0.158. The predicted octanol–water partition coefficient (Wildman–Crippen LogP) is 3.67. The Morgan fingerprint density at radius 3 is 2.83 bits per heavy atom. The summed E-state index contributed by atoms with van der Waals surface area (Å²) < 4.78 is 13.6. The minimum atomic E-state index is -0.507. The van der Waals surface area contributed by atoms with Gasteiger partial charge >= 0.3 is 0 Å². The van der Waals surface area contributed by atoms with Crippen molar-refractivity contribution in [2.45, 2.75) is 6.42 Å². The lowest BCUT2D eigenvalue weighted by Gasteiger charge is -2.12. The van der Waals surface area contributed by atoms with E-state index >= 15 is 0 Å². The molecule has 0 atom stereocenters. The summed E-state index contributed by atoms with van der Waals surface area (Å²) >= 11 is 0. The number of pyridine rings is 1. The van der Waals surface area contributed by atoms with Gasteiger partial charge in [-0.3, -0.25) is 4.98 Å². The second-order valence-corrected chi connectivity index (χ2v) is 5.50. The normalized spacial score (nSPS) is 10.5. The highest BCUT2D eigenvalue weighted by molar-refractivity contribution is 5.97. The van der Waals surface area contributed by atoms with Crippen molar-refractivity contribution in [2.75, 3.05) is 18.4 Å². The molecule has 0 fully saturated rings. The molecule has 0 aliphatic carbocycles. The molecule has 0 aliphatic rings. The van der Waals surface area contributed by atoms with Crippen molar-refractivity contribution >= 4 is 16.5 Å². The van der Waals surface area contributed by atoms with Crippen LogP contribution < -0.4 is 11.1 Å². The van der Waals surface area contributed by atoms with E-state index in [9.17, 15) is 4.39 Å². The topological polar surface area (TPSA) is 74.7 Å². The van der Waals surface area contributed by atoms with Crippen molar-refractivity contribution in [3.63, 3.8) is 0 Å². The van der Waals surface area contributed by atoms with Gasteiger partial charge in [0.1, 0.15) is 11.9 Å². The third kappa shape index (κ3) is 3.19. The van der Waals surface area contributed by atoms with Gasteiger partial charge in [0.05, 0.1) is 5.56 Å². The molecule has 3 N–H and O–H groups in total. The highest BCUT2D eigenvalue weighted by Crippen LogP contribution is 2.31. The molecule has 0 saturated heterocycles. The molecule has 4 nitrogen and oxygen atoms in total. The molecule has 0 aliphatic heterocycles. The Balaban J connectivity index is 2.10. The zero-order valence-corrected chi connectivity index (χ0v) is 13.1. The molecule has 1 heterocycles. The van der Waals surface area contributed by atoms with Gasteiger partial charge in [-0.25, -0.2) is 4.39 Å². The number of hydrogen-bond acceptors (Lipinski definition) is 4. The molecule has 0 spiro atoms. The van der Waals surface area contributed by atoms with Crippen molar-refractivity contribution in [2.24, 2.45) is 5.73 Å². The summed E-state index contributed by atoms with van der Waals surface area (Å²) in [5.74, 6) is -0.507. The first kappa shape index (κ1) is 15.9. The van der Waals surface area contributed by atoms with E-state index in [2.05, 4.69) is 10.3 Å². The summed E-state index contributed by atoms with van der Waals surface area (Å²) in [5, 5.41) is 14.5. The first-order chi connectivity index (χ1) is 11.7. The number of nitriles is 1. The Hall–Kier alpha value is -2.97. The summed E-state index contributed by atoms with van der Waals surface area (Å²) in [5.41, 5.74) is 8.26. The lowest BCUT2D eigenvalue weighted by atomic mass is 9.99. The van der Waals surface area contributed by atoms with Gasteiger partial charge in [0, 0.05) is 30.0 Å². The van der Waals surface area contributed by atoms with Crippen LogP contribution in [-0.4, -0.2) is 18.1 Å². The third-order valence-corrected chi connectivity index (χ3v) is 3.87. The van der Waals surface area contributed by atoms with Gasteiger partial charge in [-0.2, -0.15) is 5.26 Å². The van der Waals surface area contributed by atoms with E-state index in [0.29, 0.717) is 6.54 Å². The summed E-state index contributed by atoms with van der Waals surface area (Å²) in [6, 6.07) is 12.4. The van der Waals surface area contributed by atoms with E-state index in [0.717, 1.165) is 40.6 Å². The van der Waals surface area contributed by atoms with E-state index in [4.69, 9.17) is 11.0 Å². The Labute approximate surface area is 139 Å². The number of fused-ring (bicyclic) bond motifs is 1. The third-order valence-electron chi connectivity index (χ3n) is 3.87. The van der Waals surface area contributed by atoms with Gasteiger partial charge < -0.3 is 11.1 Å². The molecule has 3 rings (SSSR count). The number of benzene rings is 2. The number of halogens is 1. The van der Waals surface area contributed by atoms with Gasteiger partial charge in [-0.1, -0.05) is 6.07 Å². The molecule has 0 bridgehead atoms. The van der Waals surface area contributed by atoms with E-state index in [1.807, 2.05) is 30.5 Å². The summed E-state index contributed by atoms with van der Waals surface area (Å²) in [7, 11) is 0. The van der Waals surface area contributed by atoms with Crippen LogP contribution in [0.1, 0.15) is 12.0 Å². The van der Waals surface area contributed by atoms with Crippen molar-refractivity contribution in [1.82, 2.24) is 4.98 Å². The Morgan fingerprint density at radius 1 is 1.17 bits per heavy atom. The van der Waals surface area contributed by atoms with E-state index in [1.165, 1.54) is 6.07 Å². The van der Waals surface area contributed by atoms with E-state index in [1.54, 1.807) is 18.3 Å². The quantitative estimate of drug-likeness (QED) is 0.703. The highest BCUT2D eigenvalue weighted by Gasteiger charge is 2.09. The maximum absolute atomic E-state index is 13.6. The molecular weight excluding hydrogens is 303 g/mol. The molecule has 1 aromatic heterocycles. The number of hydrogen-bond donors (Lipinski definition) is 2. The van der Waals surface area contributed by atoms with Gasteiger partial charge in [0.2, 0.25) is 0 Å². The summed E-state index contributed by atoms with van der Waals surface area (Å²) in [6.45, 7) is 1.38. The predicted molar refractivity (Wildman–Crippen MR) is 94.0 cm³/mol. The summed E-state index contributed by atoms with van der Waals surface area (Å²) in [6.07, 6.45) is 4.41. The first-order valence-corrected chi connectivity index (χ1v) is 7.74. The van der Waals surface area contributed by atoms with Crippen molar-refractivity contribution < 1.29 is 4.39 Å². The number of nitrogens with two attached hydrogens (primary N) is 1. The zero-order valence-electron chi connectivity index (χ0n) is 13.1. The van der Waals surface area contributed by atoms with Crippen LogP contribution in [0.2, 0.25) is 0 Å². The second kappa shape index (κ2) is 7.07. The van der Waals surface area contributed by atoms with Crippen LogP contribution in [0.5, 0.6) is 0 Å². The number of aromatic nitrogens is 1. The van der Waals surface area contributed by atoms with Crippen molar-refractivity contribution in [3.05, 3.63) is 60.2 Å². The number of nitrogens with one attached hydrogen (secondary N) is 1. The van der Waals surface area contributed by atoms with Crippen molar-refractivity contribution in [1.29, 1.82) is 5.26 Å². The average Bonchev–Trinajstić information content (AvgIpc) is 2.62. The smallest absolute Gasteiger partial charge is 0.140 e. The maximum atomic E-state index is 13.6.